The van der Waals surface area contributed by atoms with Crippen LogP contribution in [0.3, 0.4) is 0 Å². The van der Waals surface area contributed by atoms with Crippen molar-refractivity contribution in [1.29, 1.82) is 0 Å². The van der Waals surface area contributed by atoms with Gasteiger partial charge in [0.2, 0.25) is 5.91 Å². The van der Waals surface area contributed by atoms with Crippen molar-refractivity contribution in [2.75, 3.05) is 6.54 Å². The Morgan fingerprint density at radius 1 is 1.33 bits per heavy atom. The summed E-state index contributed by atoms with van der Waals surface area (Å²) in [5, 5.41) is 9.40. The van der Waals surface area contributed by atoms with Gasteiger partial charge < -0.3 is 10.0 Å². The van der Waals surface area contributed by atoms with Crippen molar-refractivity contribution in [3.8, 4) is 0 Å². The summed E-state index contributed by atoms with van der Waals surface area (Å²) in [6.45, 7) is 11.3. The second-order valence-corrected chi connectivity index (χ2v) is 7.81. The summed E-state index contributed by atoms with van der Waals surface area (Å²) in [5.41, 5.74) is 0.196. The maximum atomic E-state index is 12.5. The van der Waals surface area contributed by atoms with Gasteiger partial charge in [0.15, 0.2) is 0 Å². The molecule has 1 amide bonds. The molecule has 21 heavy (non-hydrogen) atoms. The normalized spacial score (nSPS) is 24.7. The number of carboxylic acids is 1. The molecule has 0 bridgehead atoms. The van der Waals surface area contributed by atoms with Crippen LogP contribution in [0.25, 0.3) is 0 Å². The highest BCUT2D eigenvalue weighted by Gasteiger charge is 2.35. The van der Waals surface area contributed by atoms with E-state index in [1.165, 1.54) is 0 Å². The quantitative estimate of drug-likeness (QED) is 0.844. The monoisotopic (exact) mass is 297 g/mol. The van der Waals surface area contributed by atoms with Gasteiger partial charge in [-0.3, -0.25) is 4.79 Å². The predicted molar refractivity (Wildman–Crippen MR) is 84.0 cm³/mol. The fourth-order valence-electron chi connectivity index (χ4n) is 3.47. The topological polar surface area (TPSA) is 57.6 Å². The first-order chi connectivity index (χ1) is 9.64. The second kappa shape index (κ2) is 7.28. The fraction of sp³-hybridized carbons (Fsp3) is 0.882. The van der Waals surface area contributed by atoms with Crippen molar-refractivity contribution in [2.45, 2.75) is 72.8 Å². The SMILES string of the molecule is CCC1CCN(C(=O)CC(C)CC(C)(C)C)C(C(=O)O)C1. The van der Waals surface area contributed by atoms with Crippen molar-refractivity contribution in [3.63, 3.8) is 0 Å². The summed E-state index contributed by atoms with van der Waals surface area (Å²) >= 11 is 0. The number of carbonyl (C=O) groups excluding carboxylic acids is 1. The number of aliphatic carboxylic acids is 1. The van der Waals surface area contributed by atoms with Gasteiger partial charge in [-0.05, 0) is 36.5 Å². The number of carbonyl (C=O) groups is 2. The summed E-state index contributed by atoms with van der Waals surface area (Å²) in [6, 6.07) is -0.627. The molecule has 4 heteroatoms. The Morgan fingerprint density at radius 3 is 2.43 bits per heavy atom. The van der Waals surface area contributed by atoms with Gasteiger partial charge in [0, 0.05) is 13.0 Å². The van der Waals surface area contributed by atoms with Gasteiger partial charge in [0.1, 0.15) is 6.04 Å². The van der Waals surface area contributed by atoms with E-state index in [1.807, 2.05) is 0 Å². The average molecular weight is 297 g/mol. The van der Waals surface area contributed by atoms with Crippen LogP contribution in [-0.4, -0.2) is 34.5 Å². The van der Waals surface area contributed by atoms with E-state index in [2.05, 4.69) is 34.6 Å². The van der Waals surface area contributed by atoms with Crippen LogP contribution >= 0.6 is 0 Å². The highest BCUT2D eigenvalue weighted by atomic mass is 16.4. The number of hydrogen-bond acceptors (Lipinski definition) is 2. The van der Waals surface area contributed by atoms with Crippen molar-refractivity contribution >= 4 is 11.9 Å². The van der Waals surface area contributed by atoms with E-state index in [1.54, 1.807) is 4.90 Å². The Morgan fingerprint density at radius 2 is 1.95 bits per heavy atom. The summed E-state index contributed by atoms with van der Waals surface area (Å²) in [6.07, 6.45) is 3.96. The van der Waals surface area contributed by atoms with Crippen LogP contribution in [0.15, 0.2) is 0 Å². The molecule has 0 radical (unpaired) electrons. The third-order valence-electron chi connectivity index (χ3n) is 4.38. The Balaban J connectivity index is 2.65. The minimum Gasteiger partial charge on any atom is -0.480 e. The Labute approximate surface area is 128 Å². The zero-order valence-electron chi connectivity index (χ0n) is 14.2. The fourth-order valence-corrected chi connectivity index (χ4v) is 3.47. The Hall–Kier alpha value is -1.06. The van der Waals surface area contributed by atoms with Crippen LogP contribution in [0.5, 0.6) is 0 Å². The molecule has 3 unspecified atom stereocenters. The minimum atomic E-state index is -0.857. The van der Waals surface area contributed by atoms with Gasteiger partial charge in [0.25, 0.3) is 0 Å². The lowest BCUT2D eigenvalue weighted by atomic mass is 9.83. The standard InChI is InChI=1S/C17H31NO3/c1-6-13-7-8-18(14(10-13)16(20)21)15(19)9-12(2)11-17(3,4)5/h12-14H,6-11H2,1-5H3,(H,20,21). The van der Waals surface area contributed by atoms with E-state index in [0.717, 1.165) is 19.3 Å². The van der Waals surface area contributed by atoms with E-state index >= 15 is 0 Å². The molecule has 1 aliphatic heterocycles. The smallest absolute Gasteiger partial charge is 0.326 e. The molecule has 0 spiro atoms. The summed E-state index contributed by atoms with van der Waals surface area (Å²) in [5.74, 6) is -0.128. The maximum absolute atomic E-state index is 12.5. The summed E-state index contributed by atoms with van der Waals surface area (Å²) in [4.78, 5) is 25.5. The van der Waals surface area contributed by atoms with Gasteiger partial charge in [-0.25, -0.2) is 4.79 Å². The molecule has 1 fully saturated rings. The zero-order valence-corrected chi connectivity index (χ0v) is 14.2. The molecule has 122 valence electrons. The van der Waals surface area contributed by atoms with Crippen LogP contribution in [-0.2, 0) is 9.59 Å². The molecular weight excluding hydrogens is 266 g/mol. The largest absolute Gasteiger partial charge is 0.480 e. The van der Waals surface area contributed by atoms with Gasteiger partial charge in [0.05, 0.1) is 0 Å². The molecule has 1 N–H and O–H groups in total. The Kier molecular flexibility index (Phi) is 6.24. The number of piperidine rings is 1. The van der Waals surface area contributed by atoms with Gasteiger partial charge in [-0.15, -0.1) is 0 Å². The number of nitrogens with zero attached hydrogens (tertiary/aromatic N) is 1. The third kappa shape index (κ3) is 5.68. The van der Waals surface area contributed by atoms with E-state index in [4.69, 9.17) is 0 Å². The summed E-state index contributed by atoms with van der Waals surface area (Å²) in [7, 11) is 0. The number of carboxylic acid groups (broad SMARTS) is 1. The molecule has 0 aliphatic carbocycles. The molecule has 0 aromatic heterocycles. The van der Waals surface area contributed by atoms with Gasteiger partial charge >= 0.3 is 5.97 Å². The number of rotatable bonds is 5. The first-order valence-electron chi connectivity index (χ1n) is 8.16. The highest BCUT2D eigenvalue weighted by Crippen LogP contribution is 2.29. The van der Waals surface area contributed by atoms with Gasteiger partial charge in [-0.1, -0.05) is 41.0 Å². The molecule has 1 saturated heterocycles. The van der Waals surface area contributed by atoms with Crippen LogP contribution in [0.1, 0.15) is 66.7 Å². The van der Waals surface area contributed by atoms with E-state index in [-0.39, 0.29) is 17.2 Å². The zero-order chi connectivity index (χ0) is 16.2. The molecule has 1 heterocycles. The van der Waals surface area contributed by atoms with Crippen LogP contribution in [0, 0.1) is 17.3 Å². The first-order valence-corrected chi connectivity index (χ1v) is 8.16. The van der Waals surface area contributed by atoms with E-state index < -0.39 is 12.0 Å². The van der Waals surface area contributed by atoms with E-state index in [9.17, 15) is 14.7 Å². The molecule has 1 rings (SSSR count). The number of amides is 1. The lowest BCUT2D eigenvalue weighted by Gasteiger charge is -2.37. The maximum Gasteiger partial charge on any atom is 0.326 e. The lowest BCUT2D eigenvalue weighted by Crippen LogP contribution is -2.50. The number of likely N-dealkylation sites (tertiary alicyclic amines) is 1. The second-order valence-electron chi connectivity index (χ2n) is 7.81. The molecule has 0 saturated carbocycles. The molecule has 4 nitrogen and oxygen atoms in total. The molecule has 0 aromatic rings. The predicted octanol–water partition coefficient (Wildman–Crippen LogP) is 3.55. The summed E-state index contributed by atoms with van der Waals surface area (Å²) < 4.78 is 0. The van der Waals surface area contributed by atoms with Crippen LogP contribution < -0.4 is 0 Å². The van der Waals surface area contributed by atoms with Crippen molar-refractivity contribution in [3.05, 3.63) is 0 Å². The molecule has 1 aliphatic rings. The Bertz CT molecular complexity index is 373. The first kappa shape index (κ1) is 18.0. The lowest BCUT2D eigenvalue weighted by molar-refractivity contribution is -0.153. The van der Waals surface area contributed by atoms with E-state index in [0.29, 0.717) is 25.3 Å². The third-order valence-corrected chi connectivity index (χ3v) is 4.38. The number of hydrogen-bond donors (Lipinski definition) is 1. The van der Waals surface area contributed by atoms with Crippen molar-refractivity contribution in [2.24, 2.45) is 17.3 Å². The minimum absolute atomic E-state index is 0.00806. The molecule has 3 atom stereocenters. The van der Waals surface area contributed by atoms with Crippen LogP contribution in [0.2, 0.25) is 0 Å². The molecular formula is C17H31NO3. The van der Waals surface area contributed by atoms with Gasteiger partial charge in [-0.2, -0.15) is 0 Å². The van der Waals surface area contributed by atoms with Crippen LogP contribution in [0.4, 0.5) is 0 Å². The highest BCUT2D eigenvalue weighted by molar-refractivity contribution is 5.84. The van der Waals surface area contributed by atoms with Crippen molar-refractivity contribution < 1.29 is 14.7 Å². The molecule has 0 aromatic carbocycles. The van der Waals surface area contributed by atoms with Crippen molar-refractivity contribution in [1.82, 2.24) is 4.90 Å². The average Bonchev–Trinajstić information content (AvgIpc) is 2.35.